The number of hydrogen-bond donors (Lipinski definition) is 3. The van der Waals surface area contributed by atoms with E-state index in [4.69, 9.17) is 4.74 Å². The maximum absolute atomic E-state index is 13.5. The minimum Gasteiger partial charge on any atom is -0.496 e. The van der Waals surface area contributed by atoms with E-state index in [2.05, 4.69) is 72.7 Å². The molecular formula is C30H39N7O2. The number of rotatable bonds is 7. The number of anilines is 1. The minimum absolute atomic E-state index is 0.0675. The first kappa shape index (κ1) is 28.0. The first-order valence-corrected chi connectivity index (χ1v) is 13.1. The average molecular weight is 530 g/mol. The van der Waals surface area contributed by atoms with Crippen molar-refractivity contribution in [3.63, 3.8) is 0 Å². The quantitative estimate of drug-likeness (QED) is 0.282. The largest absolute Gasteiger partial charge is 0.496 e. The Labute approximate surface area is 230 Å². The molecule has 0 unspecified atom stereocenters. The van der Waals surface area contributed by atoms with Gasteiger partial charge in [0.25, 0.3) is 5.91 Å². The van der Waals surface area contributed by atoms with Crippen molar-refractivity contribution in [3.05, 3.63) is 70.7 Å². The summed E-state index contributed by atoms with van der Waals surface area (Å²) in [5.74, 6) is 0.631. The standard InChI is InChI=1S/C30H39N7O2/c1-18-10-11-20(13-26(18)37-17-25(35-36-37)23-16-32-34-19(23)2)28(38)33-22-12-21(15-31-30(6,7)8)27(39-9)24(14-22)29(3,4)5/h10-14,16-17,31H,15H2,1-9H3,(H,32,34)(H,33,38). The molecule has 4 aromatic rings. The molecule has 0 aliphatic heterocycles. The second-order valence-electron chi connectivity index (χ2n) is 12.0. The van der Waals surface area contributed by atoms with Gasteiger partial charge >= 0.3 is 0 Å². The highest BCUT2D eigenvalue weighted by atomic mass is 16.5. The van der Waals surface area contributed by atoms with Gasteiger partial charge in [-0.2, -0.15) is 5.10 Å². The van der Waals surface area contributed by atoms with E-state index < -0.39 is 0 Å². The summed E-state index contributed by atoms with van der Waals surface area (Å²) in [4.78, 5) is 13.5. The Kier molecular flexibility index (Phi) is 7.66. The Balaban J connectivity index is 1.66. The molecule has 2 heterocycles. The maximum atomic E-state index is 13.5. The first-order valence-electron chi connectivity index (χ1n) is 13.1. The molecule has 2 aromatic heterocycles. The molecule has 39 heavy (non-hydrogen) atoms. The lowest BCUT2D eigenvalue weighted by Gasteiger charge is -2.27. The summed E-state index contributed by atoms with van der Waals surface area (Å²) in [6, 6.07) is 9.56. The number of carbonyl (C=O) groups is 1. The van der Waals surface area contributed by atoms with Crippen molar-refractivity contribution < 1.29 is 9.53 Å². The van der Waals surface area contributed by atoms with Gasteiger partial charge in [0.2, 0.25) is 0 Å². The van der Waals surface area contributed by atoms with Gasteiger partial charge in [-0.3, -0.25) is 9.89 Å². The van der Waals surface area contributed by atoms with Crippen LogP contribution in [0.15, 0.2) is 42.7 Å². The molecule has 206 valence electrons. The van der Waals surface area contributed by atoms with Crippen molar-refractivity contribution in [3.8, 4) is 22.7 Å². The summed E-state index contributed by atoms with van der Waals surface area (Å²) in [5.41, 5.74) is 7.28. The third-order valence-electron chi connectivity index (χ3n) is 6.56. The number of nitrogens with one attached hydrogen (secondary N) is 3. The van der Waals surface area contributed by atoms with E-state index in [0.29, 0.717) is 17.8 Å². The number of benzene rings is 2. The molecule has 0 saturated heterocycles. The molecule has 0 radical (unpaired) electrons. The normalized spacial score (nSPS) is 12.0. The van der Waals surface area contributed by atoms with Crippen molar-refractivity contribution in [2.45, 2.75) is 72.9 Å². The van der Waals surface area contributed by atoms with Crippen LogP contribution in [-0.2, 0) is 12.0 Å². The lowest BCUT2D eigenvalue weighted by Crippen LogP contribution is -2.35. The Bertz CT molecular complexity index is 1490. The van der Waals surface area contributed by atoms with Crippen LogP contribution in [0.1, 0.15) is 74.3 Å². The third-order valence-corrected chi connectivity index (χ3v) is 6.56. The van der Waals surface area contributed by atoms with Crippen LogP contribution in [-0.4, -0.2) is 43.7 Å². The number of aromatic nitrogens is 5. The predicted molar refractivity (Wildman–Crippen MR) is 155 cm³/mol. The fourth-order valence-electron chi connectivity index (χ4n) is 4.37. The molecule has 0 spiro atoms. The Morgan fingerprint density at radius 2 is 1.82 bits per heavy atom. The zero-order valence-electron chi connectivity index (χ0n) is 24.4. The minimum atomic E-state index is -0.206. The highest BCUT2D eigenvalue weighted by molar-refractivity contribution is 6.04. The van der Waals surface area contributed by atoms with Gasteiger partial charge in [0.15, 0.2) is 0 Å². The number of methoxy groups -OCH3 is 1. The summed E-state index contributed by atoms with van der Waals surface area (Å²) in [6.07, 6.45) is 3.57. The van der Waals surface area contributed by atoms with E-state index in [1.165, 1.54) is 0 Å². The van der Waals surface area contributed by atoms with Crippen LogP contribution in [0.2, 0.25) is 0 Å². The van der Waals surface area contributed by atoms with Crippen LogP contribution in [0.25, 0.3) is 16.9 Å². The monoisotopic (exact) mass is 529 g/mol. The summed E-state index contributed by atoms with van der Waals surface area (Å²) in [7, 11) is 1.70. The molecule has 0 fully saturated rings. The van der Waals surface area contributed by atoms with E-state index in [0.717, 1.165) is 45.1 Å². The summed E-state index contributed by atoms with van der Waals surface area (Å²) in [6.45, 7) is 17.3. The second kappa shape index (κ2) is 10.6. The van der Waals surface area contributed by atoms with Gasteiger partial charge in [-0.1, -0.05) is 32.1 Å². The molecule has 0 saturated carbocycles. The zero-order chi connectivity index (χ0) is 28.5. The van der Waals surface area contributed by atoms with Crippen LogP contribution in [0.3, 0.4) is 0 Å². The van der Waals surface area contributed by atoms with Gasteiger partial charge in [0, 0.05) is 45.7 Å². The van der Waals surface area contributed by atoms with Gasteiger partial charge in [-0.05, 0) is 69.9 Å². The Morgan fingerprint density at radius 1 is 1.08 bits per heavy atom. The van der Waals surface area contributed by atoms with Crippen molar-refractivity contribution in [1.82, 2.24) is 30.5 Å². The molecular weight excluding hydrogens is 490 g/mol. The lowest BCUT2D eigenvalue weighted by molar-refractivity contribution is 0.102. The summed E-state index contributed by atoms with van der Waals surface area (Å²) >= 11 is 0. The smallest absolute Gasteiger partial charge is 0.255 e. The van der Waals surface area contributed by atoms with Crippen LogP contribution in [0.5, 0.6) is 5.75 Å². The van der Waals surface area contributed by atoms with Crippen LogP contribution in [0, 0.1) is 13.8 Å². The Hall–Kier alpha value is -3.98. The molecule has 4 rings (SSSR count). The molecule has 2 aromatic carbocycles. The van der Waals surface area contributed by atoms with Gasteiger partial charge < -0.3 is 15.4 Å². The SMILES string of the molecule is COc1c(CNC(C)(C)C)cc(NC(=O)c2ccc(C)c(-n3cc(-c4cn[nH]c4C)nn3)c2)cc1C(C)(C)C. The van der Waals surface area contributed by atoms with Crippen molar-refractivity contribution in [1.29, 1.82) is 0 Å². The Morgan fingerprint density at radius 3 is 2.44 bits per heavy atom. The number of hydrogen-bond acceptors (Lipinski definition) is 6. The summed E-state index contributed by atoms with van der Waals surface area (Å²) < 4.78 is 7.54. The molecule has 0 aliphatic carbocycles. The molecule has 0 aliphatic rings. The van der Waals surface area contributed by atoms with Gasteiger partial charge in [-0.25, -0.2) is 4.68 Å². The first-order chi connectivity index (χ1) is 18.3. The number of nitrogens with zero attached hydrogens (tertiary/aromatic N) is 4. The summed E-state index contributed by atoms with van der Waals surface area (Å²) in [5, 5.41) is 22.3. The zero-order valence-corrected chi connectivity index (χ0v) is 24.4. The van der Waals surface area contributed by atoms with Gasteiger partial charge in [-0.15, -0.1) is 5.10 Å². The fraction of sp³-hybridized carbons (Fsp3) is 0.400. The maximum Gasteiger partial charge on any atom is 0.255 e. The van der Waals surface area contributed by atoms with Gasteiger partial charge in [0.05, 0.1) is 25.2 Å². The number of aromatic amines is 1. The molecule has 9 nitrogen and oxygen atoms in total. The van der Waals surface area contributed by atoms with Crippen molar-refractivity contribution in [2.24, 2.45) is 0 Å². The van der Waals surface area contributed by atoms with E-state index in [-0.39, 0.29) is 16.9 Å². The van der Waals surface area contributed by atoms with Crippen molar-refractivity contribution in [2.75, 3.05) is 12.4 Å². The molecule has 3 N–H and O–H groups in total. The van der Waals surface area contributed by atoms with Crippen molar-refractivity contribution >= 4 is 11.6 Å². The molecule has 1 amide bonds. The topological polar surface area (TPSA) is 110 Å². The van der Waals surface area contributed by atoms with E-state index in [1.54, 1.807) is 18.0 Å². The third kappa shape index (κ3) is 6.37. The molecule has 0 bridgehead atoms. The van der Waals surface area contributed by atoms with Crippen LogP contribution >= 0.6 is 0 Å². The number of H-pyrrole nitrogens is 1. The van der Waals surface area contributed by atoms with Crippen LogP contribution < -0.4 is 15.4 Å². The second-order valence-corrected chi connectivity index (χ2v) is 12.0. The number of ether oxygens (including phenoxy) is 1. The highest BCUT2D eigenvalue weighted by Crippen LogP contribution is 2.37. The number of amides is 1. The highest BCUT2D eigenvalue weighted by Gasteiger charge is 2.24. The average Bonchev–Trinajstić information content (AvgIpc) is 3.50. The number of carbonyl (C=O) groups excluding carboxylic acids is 1. The lowest BCUT2D eigenvalue weighted by atomic mass is 9.84. The molecule has 0 atom stereocenters. The predicted octanol–water partition coefficient (Wildman–Crippen LogP) is 5.72. The van der Waals surface area contributed by atoms with E-state index in [9.17, 15) is 4.79 Å². The van der Waals surface area contributed by atoms with Crippen LogP contribution in [0.4, 0.5) is 5.69 Å². The molecule has 9 heteroatoms. The van der Waals surface area contributed by atoms with Gasteiger partial charge in [0.1, 0.15) is 11.4 Å². The van der Waals surface area contributed by atoms with E-state index in [1.807, 2.05) is 50.4 Å². The van der Waals surface area contributed by atoms with E-state index >= 15 is 0 Å². The number of aryl methyl sites for hydroxylation is 2. The fourth-order valence-corrected chi connectivity index (χ4v) is 4.37.